The van der Waals surface area contributed by atoms with Crippen LogP contribution >= 0.6 is 0 Å². The number of carboxylic acids is 1. The van der Waals surface area contributed by atoms with Gasteiger partial charge in [0.1, 0.15) is 5.82 Å². The number of hydrogen-bond donors (Lipinski definition) is 2. The van der Waals surface area contributed by atoms with Crippen molar-refractivity contribution in [2.45, 2.75) is 25.7 Å². The van der Waals surface area contributed by atoms with E-state index < -0.39 is 27.7 Å². The molecule has 0 fully saturated rings. The molecular weight excluding hydrogens is 285 g/mol. The quantitative estimate of drug-likeness (QED) is 0.839. The van der Waals surface area contributed by atoms with Gasteiger partial charge in [0.2, 0.25) is 10.0 Å². The van der Waals surface area contributed by atoms with Gasteiger partial charge in [0.05, 0.1) is 10.8 Å². The van der Waals surface area contributed by atoms with E-state index in [1.807, 2.05) is 0 Å². The van der Waals surface area contributed by atoms with Crippen LogP contribution in [0, 0.1) is 24.6 Å². The predicted molar refractivity (Wildman–Crippen MR) is 72.3 cm³/mol. The van der Waals surface area contributed by atoms with Gasteiger partial charge in [0, 0.05) is 6.54 Å². The summed E-state index contributed by atoms with van der Waals surface area (Å²) in [5.74, 6) is -2.74. The minimum atomic E-state index is -3.91. The molecule has 0 saturated carbocycles. The Balaban J connectivity index is 2.89. The standard InChI is InChI=1S/C13H18FNO4S/c1-8(2)11(13(16)17)7-15-20(18,19)10-5-4-9(3)12(14)6-10/h4-6,8,11,15H,7H2,1-3H3,(H,16,17). The van der Waals surface area contributed by atoms with Crippen LogP contribution in [-0.4, -0.2) is 26.0 Å². The Morgan fingerprint density at radius 1 is 1.40 bits per heavy atom. The smallest absolute Gasteiger partial charge is 0.308 e. The summed E-state index contributed by atoms with van der Waals surface area (Å²) in [6, 6.07) is 3.57. The summed E-state index contributed by atoms with van der Waals surface area (Å²) in [5.41, 5.74) is 0.342. The van der Waals surface area contributed by atoms with Crippen molar-refractivity contribution in [3.8, 4) is 0 Å². The van der Waals surface area contributed by atoms with Crippen LogP contribution in [0.5, 0.6) is 0 Å². The van der Waals surface area contributed by atoms with E-state index in [0.717, 1.165) is 6.07 Å². The van der Waals surface area contributed by atoms with Gasteiger partial charge >= 0.3 is 5.97 Å². The Hall–Kier alpha value is -1.47. The van der Waals surface area contributed by atoms with Gasteiger partial charge in [0.25, 0.3) is 0 Å². The first kappa shape index (κ1) is 16.6. The molecule has 1 aromatic carbocycles. The number of halogens is 1. The Kier molecular flexibility index (Phi) is 5.24. The van der Waals surface area contributed by atoms with Crippen LogP contribution in [0.4, 0.5) is 4.39 Å². The number of benzene rings is 1. The first-order chi connectivity index (χ1) is 9.15. The zero-order chi connectivity index (χ0) is 15.5. The van der Waals surface area contributed by atoms with E-state index >= 15 is 0 Å². The number of carboxylic acid groups (broad SMARTS) is 1. The average Bonchev–Trinajstić information content (AvgIpc) is 2.31. The summed E-state index contributed by atoms with van der Waals surface area (Å²) in [6.07, 6.45) is 0. The highest BCUT2D eigenvalue weighted by atomic mass is 32.2. The van der Waals surface area contributed by atoms with Crippen LogP contribution in [0.25, 0.3) is 0 Å². The van der Waals surface area contributed by atoms with Crippen molar-refractivity contribution in [1.82, 2.24) is 4.72 Å². The lowest BCUT2D eigenvalue weighted by atomic mass is 9.97. The molecule has 0 aromatic heterocycles. The third-order valence-electron chi connectivity index (χ3n) is 3.07. The van der Waals surface area contributed by atoms with Gasteiger partial charge in [-0.15, -0.1) is 0 Å². The second-order valence-corrected chi connectivity index (χ2v) is 6.72. The molecule has 7 heteroatoms. The van der Waals surface area contributed by atoms with Crippen LogP contribution in [-0.2, 0) is 14.8 Å². The molecule has 0 aliphatic rings. The number of hydrogen-bond acceptors (Lipinski definition) is 3. The molecule has 1 aromatic rings. The molecule has 0 heterocycles. The highest BCUT2D eigenvalue weighted by Gasteiger charge is 2.24. The van der Waals surface area contributed by atoms with Crippen molar-refractivity contribution in [3.05, 3.63) is 29.6 Å². The molecule has 0 saturated heterocycles. The fourth-order valence-electron chi connectivity index (χ4n) is 1.63. The van der Waals surface area contributed by atoms with E-state index in [1.54, 1.807) is 13.8 Å². The maximum Gasteiger partial charge on any atom is 0.308 e. The largest absolute Gasteiger partial charge is 0.481 e. The lowest BCUT2D eigenvalue weighted by molar-refractivity contribution is -0.142. The first-order valence-corrected chi connectivity index (χ1v) is 7.62. The predicted octanol–water partition coefficient (Wildman–Crippen LogP) is 1.77. The molecule has 2 N–H and O–H groups in total. The van der Waals surface area contributed by atoms with E-state index in [0.29, 0.717) is 5.56 Å². The Bertz CT molecular complexity index is 598. The minimum absolute atomic E-state index is 0.214. The van der Waals surface area contributed by atoms with Crippen molar-refractivity contribution in [3.63, 3.8) is 0 Å². The highest BCUT2D eigenvalue weighted by molar-refractivity contribution is 7.89. The van der Waals surface area contributed by atoms with E-state index in [1.165, 1.54) is 19.1 Å². The van der Waals surface area contributed by atoms with Gasteiger partial charge in [-0.3, -0.25) is 4.79 Å². The van der Waals surface area contributed by atoms with Gasteiger partial charge in [-0.05, 0) is 30.5 Å². The maximum absolute atomic E-state index is 13.4. The SMILES string of the molecule is Cc1ccc(S(=O)(=O)NCC(C(=O)O)C(C)C)cc1F. The lowest BCUT2D eigenvalue weighted by Crippen LogP contribution is -2.35. The monoisotopic (exact) mass is 303 g/mol. The Labute approximate surface area is 117 Å². The summed E-state index contributed by atoms with van der Waals surface area (Å²) in [4.78, 5) is 10.8. The summed E-state index contributed by atoms with van der Waals surface area (Å²) >= 11 is 0. The van der Waals surface area contributed by atoms with Gasteiger partial charge in [0.15, 0.2) is 0 Å². The number of sulfonamides is 1. The van der Waals surface area contributed by atoms with Gasteiger partial charge in [-0.2, -0.15) is 0 Å². The van der Waals surface area contributed by atoms with E-state index in [4.69, 9.17) is 5.11 Å². The van der Waals surface area contributed by atoms with Crippen LogP contribution < -0.4 is 4.72 Å². The van der Waals surface area contributed by atoms with Gasteiger partial charge in [-0.1, -0.05) is 19.9 Å². The molecule has 1 unspecified atom stereocenters. The Morgan fingerprint density at radius 3 is 2.45 bits per heavy atom. The molecule has 0 aliphatic carbocycles. The number of carbonyl (C=O) groups is 1. The molecule has 5 nitrogen and oxygen atoms in total. The van der Waals surface area contributed by atoms with E-state index in [-0.39, 0.29) is 17.4 Å². The van der Waals surface area contributed by atoms with E-state index in [9.17, 15) is 17.6 Å². The van der Waals surface area contributed by atoms with Crippen molar-refractivity contribution in [2.24, 2.45) is 11.8 Å². The maximum atomic E-state index is 13.4. The van der Waals surface area contributed by atoms with Gasteiger partial charge < -0.3 is 5.11 Å². The van der Waals surface area contributed by atoms with E-state index in [2.05, 4.69) is 4.72 Å². The number of rotatable bonds is 6. The van der Waals surface area contributed by atoms with Crippen molar-refractivity contribution in [1.29, 1.82) is 0 Å². The molecule has 0 radical (unpaired) electrons. The molecule has 1 atom stereocenters. The normalized spacial score (nSPS) is 13.4. The van der Waals surface area contributed by atoms with Crippen LogP contribution in [0.1, 0.15) is 19.4 Å². The second kappa shape index (κ2) is 6.32. The summed E-state index contributed by atoms with van der Waals surface area (Å²) in [7, 11) is -3.91. The van der Waals surface area contributed by atoms with Crippen LogP contribution in [0.2, 0.25) is 0 Å². The zero-order valence-electron chi connectivity index (χ0n) is 11.6. The van der Waals surface area contributed by atoms with Crippen LogP contribution in [0.3, 0.4) is 0 Å². The van der Waals surface area contributed by atoms with Crippen molar-refractivity contribution < 1.29 is 22.7 Å². The third-order valence-corrected chi connectivity index (χ3v) is 4.49. The summed E-state index contributed by atoms with van der Waals surface area (Å²) in [5, 5.41) is 9.00. The number of aryl methyl sites for hydroxylation is 1. The fraction of sp³-hybridized carbons (Fsp3) is 0.462. The highest BCUT2D eigenvalue weighted by Crippen LogP contribution is 2.15. The average molecular weight is 303 g/mol. The summed E-state index contributed by atoms with van der Waals surface area (Å²) < 4.78 is 39.5. The topological polar surface area (TPSA) is 83.5 Å². The zero-order valence-corrected chi connectivity index (χ0v) is 12.4. The second-order valence-electron chi connectivity index (χ2n) is 4.95. The Morgan fingerprint density at radius 2 is 2.00 bits per heavy atom. The molecule has 0 amide bonds. The van der Waals surface area contributed by atoms with Crippen molar-refractivity contribution in [2.75, 3.05) is 6.54 Å². The first-order valence-electron chi connectivity index (χ1n) is 6.13. The number of aliphatic carboxylic acids is 1. The molecule has 20 heavy (non-hydrogen) atoms. The molecular formula is C13H18FNO4S. The number of nitrogens with one attached hydrogen (secondary N) is 1. The molecule has 112 valence electrons. The third kappa shape index (κ3) is 4.01. The van der Waals surface area contributed by atoms with Gasteiger partial charge in [-0.25, -0.2) is 17.5 Å². The lowest BCUT2D eigenvalue weighted by Gasteiger charge is -2.16. The molecule has 0 spiro atoms. The fourth-order valence-corrected chi connectivity index (χ4v) is 2.70. The van der Waals surface area contributed by atoms with Crippen LogP contribution in [0.15, 0.2) is 23.1 Å². The molecule has 1 rings (SSSR count). The minimum Gasteiger partial charge on any atom is -0.481 e. The summed E-state index contributed by atoms with van der Waals surface area (Å²) in [6.45, 7) is 4.68. The molecule has 0 bridgehead atoms. The van der Waals surface area contributed by atoms with Crippen molar-refractivity contribution >= 4 is 16.0 Å². The molecule has 0 aliphatic heterocycles.